The van der Waals surface area contributed by atoms with Crippen LogP contribution in [0.2, 0.25) is 10.0 Å². The minimum Gasteiger partial charge on any atom is -0.383 e. The molecule has 13 nitrogen and oxygen atoms in total. The second-order valence-electron chi connectivity index (χ2n) is 8.92. The monoisotopic (exact) mass is 707 g/mol. The molecule has 0 saturated carbocycles. The fourth-order valence-electron chi connectivity index (χ4n) is 3.82. The average molecular weight is 709 g/mol. The molecule has 0 spiro atoms. The maximum absolute atomic E-state index is 13.0. The molecular weight excluding hydrogens is 684 g/mol. The Morgan fingerprint density at radius 3 is 1.84 bits per heavy atom. The van der Waals surface area contributed by atoms with Gasteiger partial charge in [-0.3, -0.25) is 9.11 Å². The number of nitrogens with one attached hydrogen (secondary N) is 1. The van der Waals surface area contributed by atoms with Crippen LogP contribution in [0.4, 0.5) is 15.7 Å². The lowest BCUT2D eigenvalue weighted by Gasteiger charge is -2.13. The molecule has 19 heteroatoms. The molecule has 3 aromatic carbocycles. The van der Waals surface area contributed by atoms with Crippen molar-refractivity contribution in [3.8, 4) is 11.1 Å². The summed E-state index contributed by atoms with van der Waals surface area (Å²) in [6, 6.07) is 16.2. The van der Waals surface area contributed by atoms with Crippen molar-refractivity contribution in [2.45, 2.75) is 29.2 Å². The lowest BCUT2D eigenvalue weighted by atomic mass is 9.99. The highest BCUT2D eigenvalue weighted by Gasteiger charge is 2.18. The van der Waals surface area contributed by atoms with Crippen LogP contribution in [-0.4, -0.2) is 44.3 Å². The first-order valence-electron chi connectivity index (χ1n) is 12.0. The molecule has 0 aliphatic heterocycles. The topological polar surface area (TPSA) is 233 Å². The number of aromatic nitrogens is 2. The molecule has 4 aromatic rings. The molecule has 7 N–H and O–H groups in total. The van der Waals surface area contributed by atoms with Gasteiger partial charge in [-0.25, -0.2) is 18.1 Å². The maximum atomic E-state index is 13.0. The summed E-state index contributed by atoms with van der Waals surface area (Å²) < 4.78 is 94.0. The first-order chi connectivity index (χ1) is 20.3. The third kappa shape index (κ3) is 10.3. The Bertz CT molecular complexity index is 1970. The van der Waals surface area contributed by atoms with Crippen LogP contribution in [0.3, 0.4) is 0 Å². The van der Waals surface area contributed by atoms with Crippen molar-refractivity contribution >= 4 is 65.6 Å². The molecule has 1 heterocycles. The number of halogens is 3. The van der Waals surface area contributed by atoms with Crippen molar-refractivity contribution in [3.63, 3.8) is 0 Å². The maximum Gasteiger partial charge on any atom is 0.394 e. The summed E-state index contributed by atoms with van der Waals surface area (Å²) in [4.78, 5) is 7.65. The lowest BCUT2D eigenvalue weighted by molar-refractivity contribution is 0.381. The lowest BCUT2D eigenvalue weighted by Crippen LogP contribution is -2.23. The van der Waals surface area contributed by atoms with Gasteiger partial charge in [0.1, 0.15) is 5.82 Å². The summed E-state index contributed by atoms with van der Waals surface area (Å²) in [5, 5.41) is 0.775. The predicted molar refractivity (Wildman–Crippen MR) is 163 cm³/mol. The Morgan fingerprint density at radius 1 is 0.750 bits per heavy atom. The van der Waals surface area contributed by atoms with Gasteiger partial charge >= 0.3 is 20.6 Å². The molecule has 0 aliphatic rings. The van der Waals surface area contributed by atoms with Crippen molar-refractivity contribution in [2.75, 3.05) is 11.5 Å². The van der Waals surface area contributed by atoms with Crippen LogP contribution in [-0.2, 0) is 50.0 Å². The van der Waals surface area contributed by atoms with E-state index in [1.54, 1.807) is 30.3 Å². The van der Waals surface area contributed by atoms with Crippen molar-refractivity contribution in [1.29, 1.82) is 0 Å². The predicted octanol–water partition coefficient (Wildman–Crippen LogP) is 3.88. The van der Waals surface area contributed by atoms with Gasteiger partial charge in [-0.2, -0.15) is 21.8 Å². The summed E-state index contributed by atoms with van der Waals surface area (Å²) in [6.07, 6.45) is 1.07. The van der Waals surface area contributed by atoms with E-state index in [0.29, 0.717) is 45.3 Å². The van der Waals surface area contributed by atoms with E-state index in [-0.39, 0.29) is 23.2 Å². The van der Waals surface area contributed by atoms with Crippen molar-refractivity contribution in [2.24, 2.45) is 0 Å². The Labute approximate surface area is 262 Å². The number of nitrogens with two attached hydrogens (primary N) is 2. The van der Waals surface area contributed by atoms with E-state index in [0.717, 1.165) is 29.8 Å². The fourth-order valence-corrected chi connectivity index (χ4v) is 5.60. The van der Waals surface area contributed by atoms with Gasteiger partial charge in [-0.15, -0.1) is 3.89 Å². The van der Waals surface area contributed by atoms with Gasteiger partial charge in [0, 0.05) is 12.1 Å². The van der Waals surface area contributed by atoms with E-state index in [9.17, 15) is 20.7 Å². The first-order valence-corrected chi connectivity index (χ1v) is 17.0. The number of hydrogen-bond donors (Lipinski definition) is 5. The Kier molecular flexibility index (Phi) is 11.3. The fraction of sp³-hybridized carbons (Fsp3) is 0.120. The molecule has 0 radical (unpaired) electrons. The average Bonchev–Trinajstić information content (AvgIpc) is 2.91. The van der Waals surface area contributed by atoms with Crippen LogP contribution in [0, 0.1) is 0 Å². The summed E-state index contributed by atoms with van der Waals surface area (Å²) in [6.45, 7) is -0.00771. The molecule has 0 atom stereocenters. The standard InChI is InChI=1S/C25H22Cl2FN5O4S2.H2O4S/c26-20-11-6-17(13-21(20)27)23-22(32-25(30)33-24(23)29)12-5-15-1-3-16(4-2-15)14-31-39(36,37)19-9-7-18(8-10-19)38(28,34)35;1-5(2,3)4/h1-4,6-11,13,31H,5,12,14H2,(H4,29,30,32,33);(H2,1,2,3,4). The minimum atomic E-state index is -4.92. The normalized spacial score (nSPS) is 11.9. The summed E-state index contributed by atoms with van der Waals surface area (Å²) in [5.74, 6) is 0.273. The number of hydrogen-bond acceptors (Lipinski definition) is 10. The van der Waals surface area contributed by atoms with Crippen LogP contribution < -0.4 is 16.2 Å². The second-order valence-corrected chi connectivity index (χ2v) is 13.7. The van der Waals surface area contributed by atoms with E-state index in [1.807, 2.05) is 12.1 Å². The zero-order valence-corrected chi connectivity index (χ0v) is 26.2. The third-order valence-electron chi connectivity index (χ3n) is 5.79. The second kappa shape index (κ2) is 14.1. The van der Waals surface area contributed by atoms with E-state index in [4.69, 9.17) is 52.2 Å². The van der Waals surface area contributed by atoms with Gasteiger partial charge in [-0.1, -0.05) is 53.5 Å². The number of nitrogen functional groups attached to an aromatic ring is 2. The van der Waals surface area contributed by atoms with E-state index >= 15 is 0 Å². The molecule has 236 valence electrons. The SMILES string of the molecule is Nc1nc(N)c(-c2ccc(Cl)c(Cl)c2)c(CCc2ccc(CNS(=O)(=O)c3ccc(S(=O)(=O)F)cc3)cc2)n1.O=S(=O)(O)O. The zero-order chi connectivity index (χ0) is 32.9. The first kappa shape index (κ1) is 35.1. The molecule has 4 rings (SSSR count). The van der Waals surface area contributed by atoms with Gasteiger partial charge in [0.15, 0.2) is 0 Å². The Morgan fingerprint density at radius 2 is 1.30 bits per heavy atom. The van der Waals surface area contributed by atoms with Gasteiger partial charge in [0.25, 0.3) is 0 Å². The van der Waals surface area contributed by atoms with Crippen molar-refractivity contribution in [3.05, 3.63) is 93.6 Å². The molecule has 44 heavy (non-hydrogen) atoms. The van der Waals surface area contributed by atoms with Gasteiger partial charge in [-0.05, 0) is 65.9 Å². The summed E-state index contributed by atoms with van der Waals surface area (Å²) in [5.41, 5.74) is 15.6. The van der Waals surface area contributed by atoms with Gasteiger partial charge in [0.05, 0.1) is 25.5 Å². The quantitative estimate of drug-likeness (QED) is 0.123. The number of benzene rings is 3. The van der Waals surface area contributed by atoms with Crippen LogP contribution in [0.15, 0.2) is 76.5 Å². The molecule has 0 bridgehead atoms. The largest absolute Gasteiger partial charge is 0.394 e. The van der Waals surface area contributed by atoms with E-state index in [1.165, 1.54) is 0 Å². The number of rotatable bonds is 9. The van der Waals surface area contributed by atoms with Crippen molar-refractivity contribution < 1.29 is 38.2 Å². The Hall–Kier alpha value is -3.42. The molecule has 0 fully saturated rings. The number of nitrogens with zero attached hydrogens (tertiary/aromatic N) is 2. The molecular formula is C25H24Cl2FN5O8S3. The van der Waals surface area contributed by atoms with Crippen LogP contribution in [0.5, 0.6) is 0 Å². The smallest absolute Gasteiger partial charge is 0.383 e. The van der Waals surface area contributed by atoms with Crippen molar-refractivity contribution in [1.82, 2.24) is 14.7 Å². The number of anilines is 2. The van der Waals surface area contributed by atoms with E-state index < -0.39 is 35.5 Å². The molecule has 1 aromatic heterocycles. The summed E-state index contributed by atoms with van der Waals surface area (Å²) in [7, 11) is -13.5. The number of sulfonamides is 1. The molecule has 0 saturated heterocycles. The van der Waals surface area contributed by atoms with Gasteiger partial charge in [0.2, 0.25) is 16.0 Å². The van der Waals surface area contributed by atoms with Crippen LogP contribution >= 0.6 is 23.2 Å². The molecule has 0 amide bonds. The number of aryl methyl sites for hydroxylation is 2. The van der Waals surface area contributed by atoms with E-state index in [2.05, 4.69) is 14.7 Å². The molecule has 0 unspecified atom stereocenters. The summed E-state index contributed by atoms with van der Waals surface area (Å²) >= 11 is 12.2. The minimum absolute atomic E-state index is 0.00771. The van der Waals surface area contributed by atoms with Crippen LogP contribution in [0.1, 0.15) is 16.8 Å². The zero-order valence-electron chi connectivity index (χ0n) is 22.2. The highest BCUT2D eigenvalue weighted by Crippen LogP contribution is 2.33. The van der Waals surface area contributed by atoms with Gasteiger partial charge < -0.3 is 11.5 Å². The van der Waals surface area contributed by atoms with Crippen LogP contribution in [0.25, 0.3) is 11.1 Å². The highest BCUT2D eigenvalue weighted by atomic mass is 35.5. The highest BCUT2D eigenvalue weighted by molar-refractivity contribution is 7.89. The third-order valence-corrected chi connectivity index (χ3v) is 8.78. The Balaban J connectivity index is 0.000000978. The molecule has 0 aliphatic carbocycles.